The Morgan fingerprint density at radius 3 is 2.81 bits per heavy atom. The molecule has 1 saturated heterocycles. The van der Waals surface area contributed by atoms with Crippen molar-refractivity contribution in [3.8, 4) is 5.69 Å². The molecule has 1 aliphatic rings. The van der Waals surface area contributed by atoms with Crippen LogP contribution in [0.3, 0.4) is 0 Å². The number of ether oxygens (including phenoxy) is 1. The quantitative estimate of drug-likeness (QED) is 0.891. The lowest BCUT2D eigenvalue weighted by atomic mass is 9.89. The maximum absolute atomic E-state index is 11.9. The Labute approximate surface area is 122 Å². The molecule has 0 bridgehead atoms. The maximum Gasteiger partial charge on any atom is 0.319 e. The van der Waals surface area contributed by atoms with Gasteiger partial charge in [0.25, 0.3) is 0 Å². The minimum atomic E-state index is -0.218. The summed E-state index contributed by atoms with van der Waals surface area (Å²) in [5.74, 6) is 0. The monoisotopic (exact) mass is 287 g/mol. The number of hydrogen-bond acceptors (Lipinski definition) is 4. The fraction of sp³-hybridized carbons (Fsp3) is 0.357. The highest BCUT2D eigenvalue weighted by Gasteiger charge is 2.33. The van der Waals surface area contributed by atoms with E-state index in [1.54, 1.807) is 17.2 Å². The SMILES string of the molecule is CC1(CNC(=O)Nc2cccc(-n3cnnc3)c2)COC1. The van der Waals surface area contributed by atoms with Crippen LogP contribution in [0.15, 0.2) is 36.9 Å². The first kappa shape index (κ1) is 13.6. The van der Waals surface area contributed by atoms with Crippen molar-refractivity contribution in [2.24, 2.45) is 5.41 Å². The Bertz CT molecular complexity index is 622. The van der Waals surface area contributed by atoms with Crippen molar-refractivity contribution < 1.29 is 9.53 Å². The maximum atomic E-state index is 11.9. The summed E-state index contributed by atoms with van der Waals surface area (Å²) in [5, 5.41) is 13.2. The Hall–Kier alpha value is -2.41. The van der Waals surface area contributed by atoms with E-state index in [9.17, 15) is 4.79 Å². The standard InChI is InChI=1S/C14H17N5O2/c1-14(7-21-8-14)6-15-13(20)18-11-3-2-4-12(5-11)19-9-16-17-10-19/h2-5,9-10H,6-8H2,1H3,(H2,15,18,20). The minimum Gasteiger partial charge on any atom is -0.380 e. The van der Waals surface area contributed by atoms with Gasteiger partial charge in [0.2, 0.25) is 0 Å². The highest BCUT2D eigenvalue weighted by Crippen LogP contribution is 2.25. The van der Waals surface area contributed by atoms with E-state index < -0.39 is 0 Å². The van der Waals surface area contributed by atoms with Gasteiger partial charge in [0, 0.05) is 17.6 Å². The topological polar surface area (TPSA) is 81.1 Å². The van der Waals surface area contributed by atoms with Gasteiger partial charge >= 0.3 is 6.03 Å². The van der Waals surface area contributed by atoms with Crippen LogP contribution in [0.2, 0.25) is 0 Å². The van der Waals surface area contributed by atoms with Crippen molar-refractivity contribution in [3.63, 3.8) is 0 Å². The van der Waals surface area contributed by atoms with E-state index in [2.05, 4.69) is 27.8 Å². The van der Waals surface area contributed by atoms with Crippen LogP contribution >= 0.6 is 0 Å². The summed E-state index contributed by atoms with van der Waals surface area (Å²) in [6.45, 7) is 4.07. The van der Waals surface area contributed by atoms with Crippen LogP contribution in [-0.2, 0) is 4.74 Å². The molecule has 2 aromatic rings. The number of benzene rings is 1. The van der Waals surface area contributed by atoms with Gasteiger partial charge in [-0.15, -0.1) is 10.2 Å². The average molecular weight is 287 g/mol. The summed E-state index contributed by atoms with van der Waals surface area (Å²) in [6, 6.07) is 7.26. The number of anilines is 1. The predicted octanol–water partition coefficient (Wildman–Crippen LogP) is 1.43. The van der Waals surface area contributed by atoms with Gasteiger partial charge in [0.15, 0.2) is 0 Å². The third kappa shape index (κ3) is 3.19. The highest BCUT2D eigenvalue weighted by molar-refractivity contribution is 5.89. The summed E-state index contributed by atoms with van der Waals surface area (Å²) < 4.78 is 6.93. The largest absolute Gasteiger partial charge is 0.380 e. The molecule has 0 aliphatic carbocycles. The molecule has 7 heteroatoms. The van der Waals surface area contributed by atoms with E-state index in [1.807, 2.05) is 24.3 Å². The van der Waals surface area contributed by atoms with E-state index in [4.69, 9.17) is 4.74 Å². The van der Waals surface area contributed by atoms with Crippen molar-refractivity contribution in [3.05, 3.63) is 36.9 Å². The van der Waals surface area contributed by atoms with Crippen LogP contribution in [0.25, 0.3) is 5.69 Å². The van der Waals surface area contributed by atoms with Crippen LogP contribution in [0.4, 0.5) is 10.5 Å². The van der Waals surface area contributed by atoms with Gasteiger partial charge in [-0.05, 0) is 18.2 Å². The molecule has 21 heavy (non-hydrogen) atoms. The van der Waals surface area contributed by atoms with Gasteiger partial charge in [0.1, 0.15) is 12.7 Å². The second-order valence-electron chi connectivity index (χ2n) is 5.53. The number of urea groups is 1. The van der Waals surface area contributed by atoms with Crippen molar-refractivity contribution in [1.29, 1.82) is 0 Å². The molecule has 2 heterocycles. The first-order valence-corrected chi connectivity index (χ1v) is 6.72. The molecule has 0 radical (unpaired) electrons. The lowest BCUT2D eigenvalue weighted by molar-refractivity contribution is -0.0974. The number of nitrogens with zero attached hydrogens (tertiary/aromatic N) is 3. The van der Waals surface area contributed by atoms with Crippen molar-refractivity contribution in [1.82, 2.24) is 20.1 Å². The van der Waals surface area contributed by atoms with Crippen LogP contribution < -0.4 is 10.6 Å². The molecule has 2 amide bonds. The van der Waals surface area contributed by atoms with Crippen LogP contribution in [-0.4, -0.2) is 40.6 Å². The molecule has 1 aromatic carbocycles. The molecule has 7 nitrogen and oxygen atoms in total. The predicted molar refractivity (Wildman–Crippen MR) is 77.3 cm³/mol. The van der Waals surface area contributed by atoms with E-state index >= 15 is 0 Å². The van der Waals surface area contributed by atoms with Gasteiger partial charge < -0.3 is 15.4 Å². The van der Waals surface area contributed by atoms with Gasteiger partial charge in [0.05, 0.1) is 18.9 Å². The Kier molecular flexibility index (Phi) is 3.57. The number of aromatic nitrogens is 3. The Morgan fingerprint density at radius 1 is 1.38 bits per heavy atom. The molecule has 110 valence electrons. The summed E-state index contributed by atoms with van der Waals surface area (Å²) in [4.78, 5) is 11.9. The van der Waals surface area contributed by atoms with Gasteiger partial charge in [-0.2, -0.15) is 0 Å². The molecule has 1 aliphatic heterocycles. The molecule has 3 rings (SSSR count). The number of amides is 2. The number of rotatable bonds is 4. The number of carbonyl (C=O) groups excluding carboxylic acids is 1. The normalized spacial score (nSPS) is 16.0. The summed E-state index contributed by atoms with van der Waals surface area (Å²) in [6.07, 6.45) is 3.22. The van der Waals surface area contributed by atoms with Crippen molar-refractivity contribution in [2.45, 2.75) is 6.92 Å². The molecule has 0 spiro atoms. The van der Waals surface area contributed by atoms with Crippen molar-refractivity contribution >= 4 is 11.7 Å². The number of nitrogens with one attached hydrogen (secondary N) is 2. The number of carbonyl (C=O) groups is 1. The van der Waals surface area contributed by atoms with E-state index in [0.717, 1.165) is 5.69 Å². The highest BCUT2D eigenvalue weighted by atomic mass is 16.5. The van der Waals surface area contributed by atoms with Crippen LogP contribution in [0.1, 0.15) is 6.92 Å². The van der Waals surface area contributed by atoms with Crippen LogP contribution in [0, 0.1) is 5.41 Å². The lowest BCUT2D eigenvalue weighted by Crippen LogP contribution is -2.49. The number of hydrogen-bond donors (Lipinski definition) is 2. The zero-order valence-corrected chi connectivity index (χ0v) is 11.7. The van der Waals surface area contributed by atoms with Gasteiger partial charge in [-0.1, -0.05) is 13.0 Å². The third-order valence-electron chi connectivity index (χ3n) is 3.40. The molecule has 0 saturated carbocycles. The second-order valence-corrected chi connectivity index (χ2v) is 5.53. The fourth-order valence-electron chi connectivity index (χ4n) is 2.10. The van der Waals surface area contributed by atoms with E-state index in [1.165, 1.54) is 0 Å². The van der Waals surface area contributed by atoms with Crippen molar-refractivity contribution in [2.75, 3.05) is 25.1 Å². The fourth-order valence-corrected chi connectivity index (χ4v) is 2.10. The molecule has 0 unspecified atom stereocenters. The molecular weight excluding hydrogens is 270 g/mol. The summed E-state index contributed by atoms with van der Waals surface area (Å²) >= 11 is 0. The summed E-state index contributed by atoms with van der Waals surface area (Å²) in [7, 11) is 0. The zero-order chi connectivity index (χ0) is 14.7. The molecule has 1 fully saturated rings. The molecular formula is C14H17N5O2. The third-order valence-corrected chi connectivity index (χ3v) is 3.40. The Morgan fingerprint density at radius 2 is 2.14 bits per heavy atom. The first-order valence-electron chi connectivity index (χ1n) is 6.72. The Balaban J connectivity index is 1.59. The molecule has 2 N–H and O–H groups in total. The van der Waals surface area contributed by atoms with Gasteiger partial charge in [-0.3, -0.25) is 4.57 Å². The average Bonchev–Trinajstić information content (AvgIpc) is 2.97. The first-order chi connectivity index (χ1) is 10.1. The summed E-state index contributed by atoms with van der Waals surface area (Å²) in [5.41, 5.74) is 1.66. The molecule has 1 aromatic heterocycles. The smallest absolute Gasteiger partial charge is 0.319 e. The minimum absolute atomic E-state index is 0.0572. The molecule has 0 atom stereocenters. The zero-order valence-electron chi connectivity index (χ0n) is 11.7. The van der Waals surface area contributed by atoms with Crippen LogP contribution in [0.5, 0.6) is 0 Å². The second kappa shape index (κ2) is 5.53. The lowest BCUT2D eigenvalue weighted by Gasteiger charge is -2.37. The van der Waals surface area contributed by atoms with Gasteiger partial charge in [-0.25, -0.2) is 4.79 Å². The van der Waals surface area contributed by atoms with E-state index in [-0.39, 0.29) is 11.4 Å². The van der Waals surface area contributed by atoms with E-state index in [0.29, 0.717) is 25.4 Å².